The van der Waals surface area contributed by atoms with Gasteiger partial charge in [0.1, 0.15) is 22.5 Å². The summed E-state index contributed by atoms with van der Waals surface area (Å²) < 4.78 is 11.7. The fourth-order valence-electron chi connectivity index (χ4n) is 9.17. The molecule has 0 radical (unpaired) electrons. The van der Waals surface area contributed by atoms with Crippen LogP contribution in [0.5, 0.6) is 5.75 Å². The Kier molecular flexibility index (Phi) is 21.4. The molecule has 5 rings (SSSR count). The lowest BCUT2D eigenvalue weighted by Crippen LogP contribution is -2.60. The third-order valence-electron chi connectivity index (χ3n) is 14.2. The number of hydrazone groups is 1. The SMILES string of the molecule is CCC(C)[C@H](NC(=O)[C@@]1(C)CCCN1C)C(=O)N(C)[C@H](C[C@@H](OC(C)=O)c1nc(C(=O)N[C@@H](Cc2ccccc2)C[C@H](C)C(=O)N/N=C(/C)c2ccc(OCCCCCN3C(=O)C=CC3=O)cc2)cs1)C(C)C. The van der Waals surface area contributed by atoms with Crippen molar-refractivity contribution in [1.82, 2.24) is 35.7 Å². The van der Waals surface area contributed by atoms with Crippen molar-refractivity contribution in [3.8, 4) is 5.75 Å². The molecule has 1 aromatic heterocycles. The zero-order valence-electron chi connectivity index (χ0n) is 44.3. The first-order valence-electron chi connectivity index (χ1n) is 25.6. The molecule has 2 aliphatic heterocycles. The highest BCUT2D eigenvalue weighted by molar-refractivity contribution is 7.09. The summed E-state index contributed by atoms with van der Waals surface area (Å²) in [5.74, 6) is -2.35. The number of amides is 6. The van der Waals surface area contributed by atoms with Crippen LogP contribution in [0.4, 0.5) is 0 Å². The summed E-state index contributed by atoms with van der Waals surface area (Å²) in [4.78, 5) is 101. The Morgan fingerprint density at radius 2 is 1.60 bits per heavy atom. The topological polar surface area (TPSA) is 209 Å². The first-order valence-corrected chi connectivity index (χ1v) is 26.5. The fourth-order valence-corrected chi connectivity index (χ4v) is 10.0. The molecule has 3 aromatic rings. The van der Waals surface area contributed by atoms with Crippen LogP contribution in [0.3, 0.4) is 0 Å². The minimum Gasteiger partial charge on any atom is -0.494 e. The van der Waals surface area contributed by atoms with Crippen LogP contribution >= 0.6 is 11.3 Å². The van der Waals surface area contributed by atoms with Gasteiger partial charge < -0.3 is 25.0 Å². The number of hydrogen-bond acceptors (Lipinski definition) is 13. The number of thiazole rings is 1. The van der Waals surface area contributed by atoms with Crippen LogP contribution in [0.1, 0.15) is 139 Å². The van der Waals surface area contributed by atoms with Crippen LogP contribution in [0, 0.1) is 17.8 Å². The monoisotopic (exact) mass is 1020 g/mol. The molecule has 396 valence electrons. The van der Waals surface area contributed by atoms with E-state index < -0.39 is 47.6 Å². The summed E-state index contributed by atoms with van der Waals surface area (Å²) in [5.41, 5.74) is 4.46. The second-order valence-corrected chi connectivity index (χ2v) is 21.0. The maximum atomic E-state index is 14.4. The van der Waals surface area contributed by atoms with Gasteiger partial charge >= 0.3 is 5.97 Å². The average molecular weight is 1030 g/mol. The molecule has 1 fully saturated rings. The molecule has 0 bridgehead atoms. The van der Waals surface area contributed by atoms with Crippen molar-refractivity contribution in [2.75, 3.05) is 33.8 Å². The van der Waals surface area contributed by atoms with Crippen LogP contribution in [-0.2, 0) is 39.9 Å². The number of nitrogens with one attached hydrogen (secondary N) is 3. The van der Waals surface area contributed by atoms with Gasteiger partial charge in [-0.3, -0.25) is 43.4 Å². The number of rotatable bonds is 27. The third-order valence-corrected chi connectivity index (χ3v) is 15.1. The van der Waals surface area contributed by atoms with Crippen molar-refractivity contribution in [2.24, 2.45) is 22.9 Å². The zero-order valence-corrected chi connectivity index (χ0v) is 45.1. The zero-order chi connectivity index (χ0) is 53.4. The number of imide groups is 1. The number of likely N-dealkylation sites (tertiary alicyclic amines) is 1. The Labute approximate surface area is 434 Å². The maximum Gasteiger partial charge on any atom is 0.303 e. The first kappa shape index (κ1) is 57.6. The first-order chi connectivity index (χ1) is 34.7. The molecule has 3 heterocycles. The molecule has 18 heteroatoms. The molecule has 2 aliphatic rings. The minimum absolute atomic E-state index is 0.0803. The molecule has 3 N–H and O–H groups in total. The fraction of sp³-hybridized carbons (Fsp3) is 0.545. The maximum absolute atomic E-state index is 14.4. The van der Waals surface area contributed by atoms with Gasteiger partial charge in [-0.15, -0.1) is 11.3 Å². The summed E-state index contributed by atoms with van der Waals surface area (Å²) in [6, 6.07) is 15.4. The Morgan fingerprint density at radius 1 is 0.918 bits per heavy atom. The van der Waals surface area contributed by atoms with Gasteiger partial charge in [0.25, 0.3) is 17.7 Å². The van der Waals surface area contributed by atoms with Crippen LogP contribution in [-0.4, -0.2) is 124 Å². The number of carbonyl (C=O) groups is 7. The molecule has 1 saturated heterocycles. The highest BCUT2D eigenvalue weighted by Crippen LogP contribution is 2.32. The molecule has 7 atom stereocenters. The van der Waals surface area contributed by atoms with E-state index in [1.165, 1.54) is 35.3 Å². The summed E-state index contributed by atoms with van der Waals surface area (Å²) in [6.45, 7) is 16.4. The van der Waals surface area contributed by atoms with Gasteiger partial charge in [0.15, 0.2) is 6.10 Å². The lowest BCUT2D eigenvalue weighted by atomic mass is 9.91. The number of hydrogen-bond donors (Lipinski definition) is 3. The second kappa shape index (κ2) is 27.1. The number of unbranched alkanes of at least 4 members (excludes halogenated alkanes) is 2. The molecule has 17 nitrogen and oxygen atoms in total. The van der Waals surface area contributed by atoms with Crippen molar-refractivity contribution in [1.29, 1.82) is 0 Å². The summed E-state index contributed by atoms with van der Waals surface area (Å²) >= 11 is 1.19. The van der Waals surface area contributed by atoms with E-state index in [1.54, 1.807) is 31.2 Å². The lowest BCUT2D eigenvalue weighted by Gasteiger charge is -2.38. The Balaban J connectivity index is 1.20. The van der Waals surface area contributed by atoms with Crippen molar-refractivity contribution < 1.29 is 43.0 Å². The predicted molar refractivity (Wildman–Crippen MR) is 281 cm³/mol. The van der Waals surface area contributed by atoms with Gasteiger partial charge in [-0.25, -0.2) is 10.4 Å². The van der Waals surface area contributed by atoms with E-state index in [2.05, 4.69) is 21.2 Å². The molecule has 1 unspecified atom stereocenters. The minimum atomic E-state index is -0.873. The Morgan fingerprint density at radius 3 is 2.22 bits per heavy atom. The van der Waals surface area contributed by atoms with E-state index in [0.717, 1.165) is 36.9 Å². The van der Waals surface area contributed by atoms with Gasteiger partial charge in [0.05, 0.1) is 17.9 Å². The number of esters is 1. The standard InChI is InChI=1S/C55H76N8O9S/c1-11-36(4)49(58-54(70)55(8)27-18-28-61(55)9)53(69)62(10)45(35(2)3)33-46(72-39(7)64)52-57-44(34-73-52)51(68)56-42(32-40-19-14-12-15-20-40)31-37(5)50(67)60-59-38(6)41-21-23-43(24-22-41)71-30-17-13-16-29-63-47(65)25-26-48(63)66/h12,14-15,19-26,34-37,42,45-46,49H,11,13,16-18,27-33H2,1-10H3,(H,56,68)(H,58,70)(H,60,67)/b59-38-/t36?,37-,42+,45+,46+,49-,55+/m0/s1. The molecule has 0 spiro atoms. The Hall–Kier alpha value is -6.27. The largest absolute Gasteiger partial charge is 0.494 e. The van der Waals surface area contributed by atoms with Crippen LogP contribution in [0.2, 0.25) is 0 Å². The Bertz CT molecular complexity index is 2420. The van der Waals surface area contributed by atoms with E-state index in [0.29, 0.717) is 55.3 Å². The van der Waals surface area contributed by atoms with E-state index in [1.807, 2.05) is 101 Å². The quantitative estimate of drug-likeness (QED) is 0.0232. The van der Waals surface area contributed by atoms with Gasteiger partial charge in [-0.2, -0.15) is 5.10 Å². The summed E-state index contributed by atoms with van der Waals surface area (Å²) in [7, 11) is 3.65. The highest BCUT2D eigenvalue weighted by atomic mass is 32.1. The molecule has 0 saturated carbocycles. The molecule has 6 amide bonds. The van der Waals surface area contributed by atoms with Crippen molar-refractivity contribution in [2.45, 2.75) is 143 Å². The number of benzene rings is 2. The van der Waals surface area contributed by atoms with Gasteiger partial charge in [-0.05, 0) is 120 Å². The summed E-state index contributed by atoms with van der Waals surface area (Å²) in [5, 5.41) is 12.6. The highest BCUT2D eigenvalue weighted by Gasteiger charge is 2.44. The van der Waals surface area contributed by atoms with Crippen molar-refractivity contribution >= 4 is 58.5 Å². The smallest absolute Gasteiger partial charge is 0.303 e. The number of nitrogens with zero attached hydrogens (tertiary/aromatic N) is 5. The van der Waals surface area contributed by atoms with E-state index in [9.17, 15) is 33.6 Å². The number of ether oxygens (including phenoxy) is 2. The molecule has 0 aliphatic carbocycles. The van der Waals surface area contributed by atoms with Crippen LogP contribution in [0.25, 0.3) is 0 Å². The van der Waals surface area contributed by atoms with Crippen LogP contribution < -0.4 is 20.8 Å². The molecular weight excluding hydrogens is 949 g/mol. The van der Waals surface area contributed by atoms with Crippen molar-refractivity contribution in [3.63, 3.8) is 0 Å². The molecular formula is C55H76N8O9S. The van der Waals surface area contributed by atoms with Gasteiger partial charge in [0.2, 0.25) is 17.7 Å². The van der Waals surface area contributed by atoms with E-state index in [-0.39, 0.29) is 59.9 Å². The molecule has 73 heavy (non-hydrogen) atoms. The average Bonchev–Trinajstić information content (AvgIpc) is 4.09. The molecule has 2 aromatic carbocycles. The second-order valence-electron chi connectivity index (χ2n) is 20.1. The third kappa shape index (κ3) is 16.1. The predicted octanol–water partition coefficient (Wildman–Crippen LogP) is 7.02. The summed E-state index contributed by atoms with van der Waals surface area (Å²) in [6.07, 6.45) is 7.18. The number of likely N-dealkylation sites (N-methyl/N-ethyl adjacent to an activating group) is 2. The van der Waals surface area contributed by atoms with Crippen LogP contribution in [0.15, 0.2) is 77.2 Å². The number of carbonyl (C=O) groups excluding carboxylic acids is 7. The number of aromatic nitrogens is 1. The van der Waals surface area contributed by atoms with Gasteiger partial charge in [0, 0.05) is 62.5 Å². The van der Waals surface area contributed by atoms with Gasteiger partial charge in [-0.1, -0.05) is 71.4 Å². The van der Waals surface area contributed by atoms with E-state index >= 15 is 0 Å². The van der Waals surface area contributed by atoms with Crippen molar-refractivity contribution in [3.05, 3.63) is 94.0 Å². The van der Waals surface area contributed by atoms with E-state index in [4.69, 9.17) is 14.5 Å². The normalized spacial score (nSPS) is 18.5. The lowest BCUT2D eigenvalue weighted by molar-refractivity contribution is -0.149.